The number of halogens is 1. The fourth-order valence-electron chi connectivity index (χ4n) is 0.784. The van der Waals surface area contributed by atoms with Gasteiger partial charge in [-0.3, -0.25) is 4.79 Å². The Balaban J connectivity index is 2.29. The lowest BCUT2D eigenvalue weighted by atomic mass is 10.2. The smallest absolute Gasteiger partial charge is 0.148 e. The highest BCUT2D eigenvalue weighted by atomic mass is 35.5. The van der Waals surface area contributed by atoms with Crippen LogP contribution in [0, 0.1) is 0 Å². The lowest BCUT2D eigenvalue weighted by molar-refractivity contribution is -0.116. The maximum Gasteiger partial charge on any atom is 0.148 e. The molecule has 0 saturated carbocycles. The van der Waals surface area contributed by atoms with Crippen LogP contribution in [0.5, 0.6) is 0 Å². The minimum absolute atomic E-state index is 0.0584. The van der Waals surface area contributed by atoms with Gasteiger partial charge in [0.2, 0.25) is 0 Å². The molecule has 1 rings (SSSR count). The van der Waals surface area contributed by atoms with E-state index in [1.54, 1.807) is 12.3 Å². The highest BCUT2D eigenvalue weighted by molar-refractivity contribution is 6.27. The van der Waals surface area contributed by atoms with Gasteiger partial charge in [-0.25, -0.2) is 0 Å². The third kappa shape index (κ3) is 2.76. The first kappa shape index (κ1) is 8.34. The lowest BCUT2D eigenvalue weighted by Gasteiger charge is -1.92. The van der Waals surface area contributed by atoms with E-state index >= 15 is 0 Å². The maximum absolute atomic E-state index is 10.7. The van der Waals surface area contributed by atoms with E-state index in [9.17, 15) is 4.79 Å². The van der Waals surface area contributed by atoms with Gasteiger partial charge in [0.25, 0.3) is 0 Å². The number of rotatable bonds is 4. The van der Waals surface area contributed by atoms with E-state index in [1.807, 2.05) is 6.07 Å². The molecule has 60 valence electrons. The van der Waals surface area contributed by atoms with Crippen molar-refractivity contribution in [3.05, 3.63) is 24.2 Å². The quantitative estimate of drug-likeness (QED) is 0.651. The molecule has 2 nitrogen and oxygen atoms in total. The number of ketones is 1. The summed E-state index contributed by atoms with van der Waals surface area (Å²) < 4.78 is 5.03. The van der Waals surface area contributed by atoms with Crippen LogP contribution in [-0.2, 0) is 11.2 Å². The number of alkyl halides is 1. The standard InChI is InChI=1S/C8H9ClO2/c9-6-7(10)3-4-8-2-1-5-11-8/h1-2,5H,3-4,6H2. The third-order valence-corrected chi connectivity index (χ3v) is 1.68. The van der Waals surface area contributed by atoms with Crippen molar-refractivity contribution < 1.29 is 9.21 Å². The third-order valence-electron chi connectivity index (χ3n) is 1.38. The van der Waals surface area contributed by atoms with Gasteiger partial charge in [-0.1, -0.05) is 0 Å². The normalized spacial score (nSPS) is 9.91. The van der Waals surface area contributed by atoms with Crippen LogP contribution in [0.15, 0.2) is 22.8 Å². The molecule has 0 amide bonds. The maximum atomic E-state index is 10.7. The number of aryl methyl sites for hydroxylation is 1. The Bertz CT molecular complexity index is 216. The minimum Gasteiger partial charge on any atom is -0.469 e. The van der Waals surface area contributed by atoms with Crippen molar-refractivity contribution in [3.63, 3.8) is 0 Å². The Morgan fingerprint density at radius 3 is 3.00 bits per heavy atom. The second kappa shape index (κ2) is 4.19. The second-order valence-electron chi connectivity index (χ2n) is 2.25. The summed E-state index contributed by atoms with van der Waals surface area (Å²) in [6.07, 6.45) is 2.72. The van der Waals surface area contributed by atoms with Gasteiger partial charge >= 0.3 is 0 Å². The number of Topliss-reactive ketones (excluding diaryl/α,β-unsaturated/α-hetero) is 1. The molecule has 0 aliphatic carbocycles. The molecule has 0 aromatic carbocycles. The monoisotopic (exact) mass is 172 g/mol. The molecule has 0 radical (unpaired) electrons. The molecule has 0 aliphatic rings. The lowest BCUT2D eigenvalue weighted by Crippen LogP contribution is -2.00. The molecular weight excluding hydrogens is 164 g/mol. The van der Waals surface area contributed by atoms with E-state index in [1.165, 1.54) is 0 Å². The fourth-order valence-corrected chi connectivity index (χ4v) is 0.918. The highest BCUT2D eigenvalue weighted by Crippen LogP contribution is 2.03. The summed E-state index contributed by atoms with van der Waals surface area (Å²) >= 11 is 5.31. The van der Waals surface area contributed by atoms with Crippen LogP contribution in [0.4, 0.5) is 0 Å². The molecule has 1 heterocycles. The Kier molecular flexibility index (Phi) is 3.17. The van der Waals surface area contributed by atoms with Crippen LogP contribution < -0.4 is 0 Å². The molecule has 0 spiro atoms. The minimum atomic E-state index is 0.0584. The van der Waals surface area contributed by atoms with Crippen molar-refractivity contribution >= 4 is 17.4 Å². The average Bonchev–Trinajstić information content (AvgIpc) is 2.52. The fraction of sp³-hybridized carbons (Fsp3) is 0.375. The van der Waals surface area contributed by atoms with E-state index in [-0.39, 0.29) is 11.7 Å². The summed E-state index contributed by atoms with van der Waals surface area (Å²) in [5.74, 6) is 0.993. The number of carbonyl (C=O) groups excluding carboxylic acids is 1. The summed E-state index contributed by atoms with van der Waals surface area (Å²) in [7, 11) is 0. The molecule has 0 N–H and O–H groups in total. The van der Waals surface area contributed by atoms with E-state index in [0.29, 0.717) is 12.8 Å². The van der Waals surface area contributed by atoms with Gasteiger partial charge in [0.15, 0.2) is 0 Å². The zero-order valence-corrected chi connectivity index (χ0v) is 6.80. The van der Waals surface area contributed by atoms with Gasteiger partial charge in [-0.05, 0) is 12.1 Å². The average molecular weight is 173 g/mol. The van der Waals surface area contributed by atoms with Gasteiger partial charge in [-0.2, -0.15) is 0 Å². The van der Waals surface area contributed by atoms with Crippen molar-refractivity contribution in [3.8, 4) is 0 Å². The molecule has 1 aromatic rings. The van der Waals surface area contributed by atoms with Crippen LogP contribution >= 0.6 is 11.6 Å². The molecule has 0 fully saturated rings. The molecule has 0 saturated heterocycles. The molecule has 3 heteroatoms. The molecule has 0 aliphatic heterocycles. The van der Waals surface area contributed by atoms with Crippen molar-refractivity contribution in [2.75, 3.05) is 5.88 Å². The van der Waals surface area contributed by atoms with Gasteiger partial charge < -0.3 is 4.42 Å². The predicted molar refractivity (Wildman–Crippen MR) is 42.8 cm³/mol. The number of hydrogen-bond donors (Lipinski definition) is 0. The first-order valence-electron chi connectivity index (χ1n) is 3.43. The molecule has 0 bridgehead atoms. The Hall–Kier alpha value is -0.760. The zero-order chi connectivity index (χ0) is 8.10. The van der Waals surface area contributed by atoms with Crippen LogP contribution in [0.2, 0.25) is 0 Å². The largest absolute Gasteiger partial charge is 0.469 e. The summed E-state index contributed by atoms with van der Waals surface area (Å²) in [5, 5.41) is 0. The molecule has 0 atom stereocenters. The van der Waals surface area contributed by atoms with Crippen LogP contribution in [0.3, 0.4) is 0 Å². The van der Waals surface area contributed by atoms with Crippen LogP contribution in [0.25, 0.3) is 0 Å². The Morgan fingerprint density at radius 2 is 2.45 bits per heavy atom. The van der Waals surface area contributed by atoms with E-state index in [4.69, 9.17) is 16.0 Å². The summed E-state index contributed by atoms with van der Waals surface area (Å²) in [5.41, 5.74) is 0. The SMILES string of the molecule is O=C(CCl)CCc1ccco1. The van der Waals surface area contributed by atoms with Crippen LogP contribution in [-0.4, -0.2) is 11.7 Å². The summed E-state index contributed by atoms with van der Waals surface area (Å²) in [6, 6.07) is 3.65. The first-order valence-corrected chi connectivity index (χ1v) is 3.96. The van der Waals surface area contributed by atoms with E-state index in [2.05, 4.69) is 0 Å². The van der Waals surface area contributed by atoms with Crippen molar-refractivity contribution in [2.45, 2.75) is 12.8 Å². The van der Waals surface area contributed by atoms with Crippen molar-refractivity contribution in [1.29, 1.82) is 0 Å². The van der Waals surface area contributed by atoms with Gasteiger partial charge in [0.1, 0.15) is 11.5 Å². The van der Waals surface area contributed by atoms with Gasteiger partial charge in [-0.15, -0.1) is 11.6 Å². The Labute approximate surface area is 70.2 Å². The first-order chi connectivity index (χ1) is 5.33. The number of carbonyl (C=O) groups is 1. The molecular formula is C8H9ClO2. The highest BCUT2D eigenvalue weighted by Gasteiger charge is 2.01. The molecule has 0 unspecified atom stereocenters. The van der Waals surface area contributed by atoms with Crippen LogP contribution in [0.1, 0.15) is 12.2 Å². The zero-order valence-electron chi connectivity index (χ0n) is 6.05. The van der Waals surface area contributed by atoms with E-state index < -0.39 is 0 Å². The molecule has 1 aromatic heterocycles. The predicted octanol–water partition coefficient (Wildman–Crippen LogP) is 2.02. The summed E-state index contributed by atoms with van der Waals surface area (Å²) in [6.45, 7) is 0. The van der Waals surface area contributed by atoms with Gasteiger partial charge in [0.05, 0.1) is 12.1 Å². The molecule has 11 heavy (non-hydrogen) atoms. The number of furan rings is 1. The second-order valence-corrected chi connectivity index (χ2v) is 2.52. The van der Waals surface area contributed by atoms with Gasteiger partial charge in [0, 0.05) is 12.8 Å². The van der Waals surface area contributed by atoms with E-state index in [0.717, 1.165) is 5.76 Å². The topological polar surface area (TPSA) is 30.2 Å². The number of hydrogen-bond acceptors (Lipinski definition) is 2. The summed E-state index contributed by atoms with van der Waals surface area (Å²) in [4.78, 5) is 10.7. The van der Waals surface area contributed by atoms with Crippen molar-refractivity contribution in [2.24, 2.45) is 0 Å². The van der Waals surface area contributed by atoms with Crippen molar-refractivity contribution in [1.82, 2.24) is 0 Å². The Morgan fingerprint density at radius 1 is 1.64 bits per heavy atom.